The van der Waals surface area contributed by atoms with Gasteiger partial charge < -0.3 is 15.2 Å². The second kappa shape index (κ2) is 9.14. The number of nitrogens with zero attached hydrogens (tertiary/aromatic N) is 1. The molecule has 3 heterocycles. The molecular weight excluding hydrogens is 378 g/mol. The zero-order chi connectivity index (χ0) is 20.2. The van der Waals surface area contributed by atoms with Gasteiger partial charge in [0, 0.05) is 47.0 Å². The topological polar surface area (TPSA) is 48.1 Å². The zero-order valence-corrected chi connectivity index (χ0v) is 18.2. The molecule has 154 valence electrons. The maximum atomic E-state index is 13.1. The van der Waals surface area contributed by atoms with E-state index < -0.39 is 0 Å². The molecule has 1 fully saturated rings. The van der Waals surface area contributed by atoms with Crippen LogP contribution in [0.5, 0.6) is 0 Å². The first-order valence-corrected chi connectivity index (χ1v) is 11.7. The number of aromatic amines is 1. The van der Waals surface area contributed by atoms with Crippen molar-refractivity contribution in [3.63, 3.8) is 0 Å². The third-order valence-electron chi connectivity index (χ3n) is 6.26. The molecule has 3 aromatic rings. The summed E-state index contributed by atoms with van der Waals surface area (Å²) in [6.07, 6.45) is 6.68. The van der Waals surface area contributed by atoms with Gasteiger partial charge in [-0.15, -0.1) is 11.3 Å². The van der Waals surface area contributed by atoms with Gasteiger partial charge in [-0.25, -0.2) is 0 Å². The maximum absolute atomic E-state index is 13.1. The summed E-state index contributed by atoms with van der Waals surface area (Å²) in [4.78, 5) is 20.0. The van der Waals surface area contributed by atoms with E-state index in [0.29, 0.717) is 6.04 Å². The van der Waals surface area contributed by atoms with Gasteiger partial charge >= 0.3 is 0 Å². The Labute approximate surface area is 177 Å². The molecule has 3 atom stereocenters. The maximum Gasteiger partial charge on any atom is 0.239 e. The minimum atomic E-state index is -0.171. The largest absolute Gasteiger partial charge is 0.361 e. The van der Waals surface area contributed by atoms with Gasteiger partial charge in [0.1, 0.15) is 0 Å². The number of hydrogen-bond donors (Lipinski definition) is 2. The van der Waals surface area contributed by atoms with E-state index in [2.05, 4.69) is 70.1 Å². The van der Waals surface area contributed by atoms with Crippen molar-refractivity contribution >= 4 is 28.1 Å². The summed E-state index contributed by atoms with van der Waals surface area (Å²) < 4.78 is 0. The Hall–Kier alpha value is -2.11. The molecule has 29 heavy (non-hydrogen) atoms. The van der Waals surface area contributed by atoms with E-state index in [1.807, 2.05) is 6.92 Å². The fourth-order valence-corrected chi connectivity index (χ4v) is 5.43. The van der Waals surface area contributed by atoms with Crippen LogP contribution in [0.4, 0.5) is 0 Å². The normalized spacial score (nSPS) is 19.4. The minimum Gasteiger partial charge on any atom is -0.361 e. The number of hydrogen-bond acceptors (Lipinski definition) is 3. The number of thiophene rings is 1. The Bertz CT molecular complexity index is 933. The monoisotopic (exact) mass is 409 g/mol. The number of aromatic nitrogens is 1. The molecule has 5 heteroatoms. The van der Waals surface area contributed by atoms with Gasteiger partial charge in [-0.05, 0) is 55.7 Å². The van der Waals surface area contributed by atoms with Crippen LogP contribution in [0, 0.1) is 0 Å². The Morgan fingerprint density at radius 1 is 1.28 bits per heavy atom. The van der Waals surface area contributed by atoms with E-state index in [1.165, 1.54) is 22.2 Å². The number of carbonyl (C=O) groups is 1. The van der Waals surface area contributed by atoms with Crippen molar-refractivity contribution in [2.45, 2.75) is 57.5 Å². The van der Waals surface area contributed by atoms with E-state index in [-0.39, 0.29) is 17.9 Å². The average Bonchev–Trinajstić information content (AvgIpc) is 3.44. The van der Waals surface area contributed by atoms with Crippen LogP contribution in [-0.4, -0.2) is 41.0 Å². The first-order chi connectivity index (χ1) is 14.2. The molecule has 4 nitrogen and oxygen atoms in total. The highest BCUT2D eigenvalue weighted by Crippen LogP contribution is 2.33. The second-order valence-electron chi connectivity index (χ2n) is 8.08. The SMILES string of the molecule is CC[C@@H]1CCCCN1C(=O)[C@@H](C)NC[C@@H](c1cccs1)c1c[nH]c2ccccc12. The molecule has 1 aliphatic rings. The van der Waals surface area contributed by atoms with E-state index in [9.17, 15) is 4.79 Å². The standard InChI is InChI=1S/C24H31N3OS/c1-3-18-9-6-7-13-27(18)24(28)17(2)25-16-21(23-12-8-14-29-23)20-15-26-22-11-5-4-10-19(20)22/h4-5,8,10-12,14-15,17-18,21,25-26H,3,6-7,9,13,16H2,1-2H3/t17-,18-,21-/m1/s1. The first-order valence-electron chi connectivity index (χ1n) is 10.8. The summed E-state index contributed by atoms with van der Waals surface area (Å²) >= 11 is 1.78. The summed E-state index contributed by atoms with van der Waals surface area (Å²) in [5.74, 6) is 0.477. The molecule has 0 saturated carbocycles. The van der Waals surface area contributed by atoms with Crippen LogP contribution in [0.2, 0.25) is 0 Å². The van der Waals surface area contributed by atoms with Crippen LogP contribution in [0.25, 0.3) is 10.9 Å². The molecule has 1 saturated heterocycles. The number of piperidine rings is 1. The summed E-state index contributed by atoms with van der Waals surface area (Å²) in [6, 6.07) is 13.0. The second-order valence-corrected chi connectivity index (χ2v) is 9.06. The molecular formula is C24H31N3OS. The Kier molecular flexibility index (Phi) is 6.36. The molecule has 0 aliphatic carbocycles. The number of amides is 1. The van der Waals surface area contributed by atoms with Crippen LogP contribution in [-0.2, 0) is 4.79 Å². The molecule has 0 bridgehead atoms. The number of likely N-dealkylation sites (tertiary alicyclic amines) is 1. The highest BCUT2D eigenvalue weighted by Gasteiger charge is 2.29. The van der Waals surface area contributed by atoms with E-state index in [1.54, 1.807) is 11.3 Å². The Balaban J connectivity index is 1.51. The van der Waals surface area contributed by atoms with Crippen LogP contribution < -0.4 is 5.32 Å². The fourth-order valence-electron chi connectivity index (χ4n) is 4.58. The van der Waals surface area contributed by atoms with Crippen LogP contribution in [0.15, 0.2) is 48.0 Å². The van der Waals surface area contributed by atoms with Gasteiger partial charge in [0.2, 0.25) is 5.91 Å². The van der Waals surface area contributed by atoms with Gasteiger partial charge in [-0.1, -0.05) is 31.2 Å². The number of para-hydroxylation sites is 1. The lowest BCUT2D eigenvalue weighted by atomic mass is 9.96. The lowest BCUT2D eigenvalue weighted by Gasteiger charge is -2.37. The van der Waals surface area contributed by atoms with Gasteiger partial charge in [0.15, 0.2) is 0 Å². The number of rotatable bonds is 7. The molecule has 2 aromatic heterocycles. The lowest BCUT2D eigenvalue weighted by Crippen LogP contribution is -2.51. The van der Waals surface area contributed by atoms with Gasteiger partial charge in [-0.3, -0.25) is 4.79 Å². The van der Waals surface area contributed by atoms with Crippen molar-refractivity contribution < 1.29 is 4.79 Å². The minimum absolute atomic E-state index is 0.171. The van der Waals surface area contributed by atoms with Crippen molar-refractivity contribution in [3.8, 4) is 0 Å². The number of H-pyrrole nitrogens is 1. The van der Waals surface area contributed by atoms with Crippen molar-refractivity contribution in [3.05, 3.63) is 58.4 Å². The lowest BCUT2D eigenvalue weighted by molar-refractivity contribution is -0.136. The third kappa shape index (κ3) is 4.26. The number of fused-ring (bicyclic) bond motifs is 1. The highest BCUT2D eigenvalue weighted by atomic mass is 32.1. The summed E-state index contributed by atoms with van der Waals surface area (Å²) in [7, 11) is 0. The van der Waals surface area contributed by atoms with Gasteiger partial charge in [-0.2, -0.15) is 0 Å². The molecule has 1 aliphatic heterocycles. The molecule has 0 unspecified atom stereocenters. The number of benzene rings is 1. The van der Waals surface area contributed by atoms with Crippen LogP contribution in [0.1, 0.15) is 55.9 Å². The molecule has 4 rings (SSSR count). The quantitative estimate of drug-likeness (QED) is 0.568. The summed E-state index contributed by atoms with van der Waals surface area (Å²) in [6.45, 7) is 5.86. The van der Waals surface area contributed by atoms with Crippen molar-refractivity contribution in [1.29, 1.82) is 0 Å². The molecule has 1 amide bonds. The predicted octanol–water partition coefficient (Wildman–Crippen LogP) is 5.13. The number of carbonyl (C=O) groups excluding carboxylic acids is 1. The fraction of sp³-hybridized carbons (Fsp3) is 0.458. The third-order valence-corrected chi connectivity index (χ3v) is 7.25. The van der Waals surface area contributed by atoms with Crippen LogP contribution in [0.3, 0.4) is 0 Å². The van der Waals surface area contributed by atoms with Gasteiger partial charge in [0.05, 0.1) is 6.04 Å². The summed E-state index contributed by atoms with van der Waals surface area (Å²) in [5.41, 5.74) is 2.45. The molecule has 2 N–H and O–H groups in total. The van der Waals surface area contributed by atoms with E-state index in [0.717, 1.165) is 37.9 Å². The van der Waals surface area contributed by atoms with Gasteiger partial charge in [0.25, 0.3) is 0 Å². The highest BCUT2D eigenvalue weighted by molar-refractivity contribution is 7.10. The molecule has 0 spiro atoms. The smallest absolute Gasteiger partial charge is 0.239 e. The number of nitrogens with one attached hydrogen (secondary N) is 2. The molecule has 1 aromatic carbocycles. The first kappa shape index (κ1) is 20.2. The van der Waals surface area contributed by atoms with E-state index >= 15 is 0 Å². The Morgan fingerprint density at radius 3 is 2.93 bits per heavy atom. The summed E-state index contributed by atoms with van der Waals surface area (Å²) in [5, 5.41) is 6.96. The Morgan fingerprint density at radius 2 is 2.14 bits per heavy atom. The predicted molar refractivity (Wildman–Crippen MR) is 122 cm³/mol. The van der Waals surface area contributed by atoms with Crippen molar-refractivity contribution in [1.82, 2.24) is 15.2 Å². The molecule has 0 radical (unpaired) electrons. The van der Waals surface area contributed by atoms with Crippen molar-refractivity contribution in [2.24, 2.45) is 0 Å². The zero-order valence-electron chi connectivity index (χ0n) is 17.4. The van der Waals surface area contributed by atoms with Crippen molar-refractivity contribution in [2.75, 3.05) is 13.1 Å². The van der Waals surface area contributed by atoms with Crippen LogP contribution >= 0.6 is 11.3 Å². The average molecular weight is 410 g/mol. The van der Waals surface area contributed by atoms with E-state index in [4.69, 9.17) is 0 Å².